The summed E-state index contributed by atoms with van der Waals surface area (Å²) in [5.41, 5.74) is 2.30. The second-order valence-corrected chi connectivity index (χ2v) is 8.68. The van der Waals surface area contributed by atoms with E-state index in [0.29, 0.717) is 12.3 Å². The highest BCUT2D eigenvalue weighted by Crippen LogP contribution is 2.29. The van der Waals surface area contributed by atoms with E-state index in [4.69, 9.17) is 0 Å². The lowest BCUT2D eigenvalue weighted by Gasteiger charge is -2.32. The van der Waals surface area contributed by atoms with Crippen molar-refractivity contribution in [3.05, 3.63) is 60.2 Å². The van der Waals surface area contributed by atoms with Crippen LogP contribution in [0.2, 0.25) is 0 Å². The van der Waals surface area contributed by atoms with Crippen LogP contribution in [0.1, 0.15) is 50.5 Å². The molecule has 1 aliphatic rings. The number of piperidine rings is 1. The zero-order valence-electron chi connectivity index (χ0n) is 16.9. The molecule has 1 fully saturated rings. The molecule has 0 aromatic heterocycles. The van der Waals surface area contributed by atoms with E-state index in [9.17, 15) is 4.79 Å². The van der Waals surface area contributed by atoms with Crippen molar-refractivity contribution in [2.75, 3.05) is 30.7 Å². The lowest BCUT2D eigenvalue weighted by atomic mass is 9.89. The molecular formula is C24H32N2OS. The number of likely N-dealkylation sites (tertiary alicyclic amines) is 1. The minimum absolute atomic E-state index is 0.0809. The van der Waals surface area contributed by atoms with Crippen molar-refractivity contribution in [2.45, 2.75) is 49.8 Å². The van der Waals surface area contributed by atoms with Gasteiger partial charge in [-0.25, -0.2) is 0 Å². The molecule has 0 aliphatic carbocycles. The largest absolute Gasteiger partial charge is 0.326 e. The molecule has 150 valence electrons. The lowest BCUT2D eigenvalue weighted by Crippen LogP contribution is -2.33. The monoisotopic (exact) mass is 396 g/mol. The van der Waals surface area contributed by atoms with Gasteiger partial charge in [0, 0.05) is 17.0 Å². The molecule has 3 rings (SSSR count). The van der Waals surface area contributed by atoms with Gasteiger partial charge in [0.2, 0.25) is 5.91 Å². The summed E-state index contributed by atoms with van der Waals surface area (Å²) in [4.78, 5) is 15.6. The van der Waals surface area contributed by atoms with E-state index in [-0.39, 0.29) is 5.91 Å². The first-order chi connectivity index (χ1) is 13.7. The maximum atomic E-state index is 11.6. The minimum atomic E-state index is 0.0809. The molecule has 0 unspecified atom stereocenters. The van der Waals surface area contributed by atoms with Gasteiger partial charge in [-0.15, -0.1) is 11.8 Å². The second-order valence-electron chi connectivity index (χ2n) is 7.51. The zero-order chi connectivity index (χ0) is 19.6. The molecule has 1 heterocycles. The highest BCUT2D eigenvalue weighted by Gasteiger charge is 2.20. The number of rotatable bonds is 9. The number of nitrogens with one attached hydrogen (secondary N) is 1. The van der Waals surface area contributed by atoms with Crippen molar-refractivity contribution in [3.8, 4) is 0 Å². The van der Waals surface area contributed by atoms with E-state index in [2.05, 4.69) is 58.7 Å². The number of nitrogens with zero attached hydrogens (tertiary/aromatic N) is 1. The standard InChI is InChI=1S/C24H32N2OS/c1-2-24(27)25-22-10-8-9-21(19-22)20-13-16-26(17-14-20)15-6-7-18-28-23-11-4-3-5-12-23/h3-5,8-12,19-20H,2,6-7,13-18H2,1H3,(H,25,27). The Hall–Kier alpha value is -1.78. The van der Waals surface area contributed by atoms with E-state index < -0.39 is 0 Å². The van der Waals surface area contributed by atoms with E-state index in [1.807, 2.05) is 24.8 Å². The lowest BCUT2D eigenvalue weighted by molar-refractivity contribution is -0.115. The Morgan fingerprint density at radius 2 is 1.86 bits per heavy atom. The Balaban J connectivity index is 1.35. The van der Waals surface area contributed by atoms with Crippen LogP contribution in [0.3, 0.4) is 0 Å². The molecule has 0 radical (unpaired) electrons. The number of hydrogen-bond donors (Lipinski definition) is 1. The van der Waals surface area contributed by atoms with Gasteiger partial charge in [0.15, 0.2) is 0 Å². The summed E-state index contributed by atoms with van der Waals surface area (Å²) < 4.78 is 0. The number of thioether (sulfide) groups is 1. The predicted molar refractivity (Wildman–Crippen MR) is 120 cm³/mol. The Morgan fingerprint density at radius 1 is 1.07 bits per heavy atom. The minimum Gasteiger partial charge on any atom is -0.326 e. The summed E-state index contributed by atoms with van der Waals surface area (Å²) >= 11 is 1.96. The van der Waals surface area contributed by atoms with Gasteiger partial charge < -0.3 is 10.2 Å². The fourth-order valence-electron chi connectivity index (χ4n) is 3.75. The number of amides is 1. The number of carbonyl (C=O) groups is 1. The van der Waals surface area contributed by atoms with Gasteiger partial charge in [-0.2, -0.15) is 0 Å². The topological polar surface area (TPSA) is 32.3 Å². The van der Waals surface area contributed by atoms with Crippen molar-refractivity contribution >= 4 is 23.4 Å². The Morgan fingerprint density at radius 3 is 2.61 bits per heavy atom. The van der Waals surface area contributed by atoms with Gasteiger partial charge in [-0.1, -0.05) is 37.3 Å². The number of hydrogen-bond acceptors (Lipinski definition) is 3. The van der Waals surface area contributed by atoms with E-state index in [1.165, 1.54) is 61.5 Å². The molecule has 28 heavy (non-hydrogen) atoms. The van der Waals surface area contributed by atoms with Crippen molar-refractivity contribution < 1.29 is 4.79 Å². The van der Waals surface area contributed by atoms with Gasteiger partial charge in [-0.3, -0.25) is 4.79 Å². The maximum absolute atomic E-state index is 11.6. The van der Waals surface area contributed by atoms with Crippen molar-refractivity contribution in [3.63, 3.8) is 0 Å². The molecule has 0 spiro atoms. The molecule has 1 N–H and O–H groups in total. The number of carbonyl (C=O) groups excluding carboxylic acids is 1. The molecule has 4 heteroatoms. The summed E-state index contributed by atoms with van der Waals surface area (Å²) in [6.45, 7) is 5.47. The molecule has 1 aliphatic heterocycles. The quantitative estimate of drug-likeness (QED) is 0.430. The van der Waals surface area contributed by atoms with Crippen molar-refractivity contribution in [1.29, 1.82) is 0 Å². The number of unbranched alkanes of at least 4 members (excludes halogenated alkanes) is 1. The molecule has 2 aromatic rings. The van der Waals surface area contributed by atoms with Crippen LogP contribution in [0.4, 0.5) is 5.69 Å². The summed E-state index contributed by atoms with van der Waals surface area (Å²) in [6, 6.07) is 19.1. The third-order valence-electron chi connectivity index (χ3n) is 5.43. The van der Waals surface area contributed by atoms with Crippen LogP contribution in [0, 0.1) is 0 Å². The summed E-state index contributed by atoms with van der Waals surface area (Å²) in [6.07, 6.45) is 5.50. The van der Waals surface area contributed by atoms with Crippen LogP contribution in [-0.4, -0.2) is 36.2 Å². The van der Waals surface area contributed by atoms with E-state index >= 15 is 0 Å². The molecule has 3 nitrogen and oxygen atoms in total. The van der Waals surface area contributed by atoms with Crippen LogP contribution < -0.4 is 5.32 Å². The average Bonchev–Trinajstić information content (AvgIpc) is 2.75. The Labute approximate surface area is 173 Å². The van der Waals surface area contributed by atoms with Gasteiger partial charge in [0.05, 0.1) is 0 Å². The molecule has 0 bridgehead atoms. The Bertz CT molecular complexity index is 726. The van der Waals surface area contributed by atoms with Crippen molar-refractivity contribution in [2.24, 2.45) is 0 Å². The fourth-order valence-corrected chi connectivity index (χ4v) is 4.69. The number of anilines is 1. The van der Waals surface area contributed by atoms with Crippen LogP contribution in [0.15, 0.2) is 59.5 Å². The SMILES string of the molecule is CCC(=O)Nc1cccc(C2CCN(CCCCSc3ccccc3)CC2)c1. The molecule has 1 amide bonds. The highest BCUT2D eigenvalue weighted by molar-refractivity contribution is 7.99. The average molecular weight is 397 g/mol. The third kappa shape index (κ3) is 6.68. The summed E-state index contributed by atoms with van der Waals surface area (Å²) in [5, 5.41) is 2.98. The van der Waals surface area contributed by atoms with Gasteiger partial charge in [0.25, 0.3) is 0 Å². The highest BCUT2D eigenvalue weighted by atomic mass is 32.2. The zero-order valence-corrected chi connectivity index (χ0v) is 17.7. The first-order valence-electron chi connectivity index (χ1n) is 10.5. The van der Waals surface area contributed by atoms with Crippen molar-refractivity contribution in [1.82, 2.24) is 4.90 Å². The number of benzene rings is 2. The van der Waals surface area contributed by atoms with Crippen LogP contribution in [-0.2, 0) is 4.79 Å². The first-order valence-corrected chi connectivity index (χ1v) is 11.5. The molecule has 2 aromatic carbocycles. The summed E-state index contributed by atoms with van der Waals surface area (Å²) in [7, 11) is 0. The van der Waals surface area contributed by atoms with Gasteiger partial charge in [0.1, 0.15) is 0 Å². The van der Waals surface area contributed by atoms with Crippen LogP contribution in [0.25, 0.3) is 0 Å². The first kappa shape index (κ1) is 20.9. The van der Waals surface area contributed by atoms with Gasteiger partial charge >= 0.3 is 0 Å². The summed E-state index contributed by atoms with van der Waals surface area (Å²) in [5.74, 6) is 1.90. The van der Waals surface area contributed by atoms with Gasteiger partial charge in [-0.05, 0) is 86.8 Å². The molecule has 0 saturated carbocycles. The van der Waals surface area contributed by atoms with E-state index in [0.717, 1.165) is 5.69 Å². The third-order valence-corrected chi connectivity index (χ3v) is 6.53. The van der Waals surface area contributed by atoms with Crippen LogP contribution >= 0.6 is 11.8 Å². The molecule has 1 saturated heterocycles. The van der Waals surface area contributed by atoms with Crippen LogP contribution in [0.5, 0.6) is 0 Å². The fraction of sp³-hybridized carbons (Fsp3) is 0.458. The Kier molecular flexibility index (Phi) is 8.43. The normalized spacial score (nSPS) is 15.5. The van der Waals surface area contributed by atoms with E-state index in [1.54, 1.807) is 0 Å². The smallest absolute Gasteiger partial charge is 0.224 e. The predicted octanol–water partition coefficient (Wildman–Crippen LogP) is 5.79. The maximum Gasteiger partial charge on any atom is 0.224 e. The molecule has 0 atom stereocenters. The second kappa shape index (κ2) is 11.3. The molecular weight excluding hydrogens is 364 g/mol.